The number of thiophene rings is 2. The van der Waals surface area contributed by atoms with Gasteiger partial charge in [0.15, 0.2) is 5.76 Å². The van der Waals surface area contributed by atoms with Crippen LogP contribution in [-0.2, 0) is 0 Å². The summed E-state index contributed by atoms with van der Waals surface area (Å²) >= 11 is 2.80. The quantitative estimate of drug-likeness (QED) is 0.589. The molecule has 0 unspecified atom stereocenters. The summed E-state index contributed by atoms with van der Waals surface area (Å²) in [5.74, 6) is 0.125. The summed E-state index contributed by atoms with van der Waals surface area (Å²) in [7, 11) is 0. The van der Waals surface area contributed by atoms with Gasteiger partial charge in [-0.05, 0) is 29.6 Å². The Kier molecular flexibility index (Phi) is 3.17. The number of amides is 1. The van der Waals surface area contributed by atoms with Crippen molar-refractivity contribution in [3.05, 3.63) is 46.9 Å². The summed E-state index contributed by atoms with van der Waals surface area (Å²) in [5.41, 5.74) is 13.6. The van der Waals surface area contributed by atoms with E-state index in [2.05, 4.69) is 4.98 Å². The monoisotopic (exact) mass is 341 g/mol. The van der Waals surface area contributed by atoms with Gasteiger partial charge in [0.1, 0.15) is 15.4 Å². The maximum absolute atomic E-state index is 11.6. The van der Waals surface area contributed by atoms with E-state index >= 15 is 0 Å². The molecule has 0 saturated heterocycles. The zero-order valence-corrected chi connectivity index (χ0v) is 13.4. The third-order valence-corrected chi connectivity index (χ3v) is 5.50. The number of anilines is 1. The molecule has 5 nitrogen and oxygen atoms in total. The first-order valence-electron chi connectivity index (χ1n) is 6.75. The van der Waals surface area contributed by atoms with Crippen LogP contribution in [0.25, 0.3) is 32.1 Å². The van der Waals surface area contributed by atoms with Gasteiger partial charge in [-0.15, -0.1) is 22.7 Å². The maximum Gasteiger partial charge on any atom is 0.260 e. The van der Waals surface area contributed by atoms with Crippen LogP contribution in [0.3, 0.4) is 0 Å². The SMILES string of the molecule is NC(=O)c1sc2nc(-c3ccco3)cc(-c3cccs3)c2c1N. The first-order valence-corrected chi connectivity index (χ1v) is 8.45. The molecule has 4 rings (SSSR count). The van der Waals surface area contributed by atoms with Crippen molar-refractivity contribution in [1.29, 1.82) is 0 Å². The fourth-order valence-corrected chi connectivity index (χ4v) is 4.20. The van der Waals surface area contributed by atoms with E-state index in [0.717, 1.165) is 15.8 Å². The number of primary amides is 1. The molecule has 0 saturated carbocycles. The van der Waals surface area contributed by atoms with Gasteiger partial charge in [-0.3, -0.25) is 4.79 Å². The third-order valence-electron chi connectivity index (χ3n) is 3.48. The van der Waals surface area contributed by atoms with E-state index in [1.165, 1.54) is 11.3 Å². The number of hydrogen-bond donors (Lipinski definition) is 2. The molecule has 4 aromatic rings. The van der Waals surface area contributed by atoms with Crippen molar-refractivity contribution in [2.45, 2.75) is 0 Å². The average Bonchev–Trinajstić information content (AvgIpc) is 3.27. The fourth-order valence-electron chi connectivity index (χ4n) is 2.48. The molecule has 0 aromatic carbocycles. The smallest absolute Gasteiger partial charge is 0.260 e. The number of rotatable bonds is 3. The van der Waals surface area contributed by atoms with Crippen LogP contribution in [0.2, 0.25) is 0 Å². The largest absolute Gasteiger partial charge is 0.463 e. The molecular formula is C16H11N3O2S2. The predicted molar refractivity (Wildman–Crippen MR) is 93.6 cm³/mol. The van der Waals surface area contributed by atoms with Gasteiger partial charge in [-0.1, -0.05) is 6.07 Å². The lowest BCUT2D eigenvalue weighted by Crippen LogP contribution is -2.10. The Morgan fingerprint density at radius 1 is 1.26 bits per heavy atom. The molecule has 0 radical (unpaired) electrons. The topological polar surface area (TPSA) is 95.1 Å². The van der Waals surface area contributed by atoms with Gasteiger partial charge in [-0.2, -0.15) is 0 Å². The van der Waals surface area contributed by atoms with E-state index in [0.29, 0.717) is 26.8 Å². The van der Waals surface area contributed by atoms with E-state index in [1.54, 1.807) is 17.6 Å². The summed E-state index contributed by atoms with van der Waals surface area (Å²) in [6.07, 6.45) is 1.60. The van der Waals surface area contributed by atoms with Crippen molar-refractivity contribution >= 4 is 44.5 Å². The van der Waals surface area contributed by atoms with Crippen LogP contribution in [0.4, 0.5) is 5.69 Å². The summed E-state index contributed by atoms with van der Waals surface area (Å²) in [5, 5.41) is 2.76. The number of hydrogen-bond acceptors (Lipinski definition) is 6. The normalized spacial score (nSPS) is 11.1. The summed E-state index contributed by atoms with van der Waals surface area (Å²) in [4.78, 5) is 18.3. The second-order valence-electron chi connectivity index (χ2n) is 4.90. The first-order chi connectivity index (χ1) is 11.1. The second kappa shape index (κ2) is 5.22. The molecular weight excluding hydrogens is 330 g/mol. The van der Waals surface area contributed by atoms with Gasteiger partial charge < -0.3 is 15.9 Å². The molecule has 1 amide bonds. The molecule has 0 spiro atoms. The highest BCUT2D eigenvalue weighted by Gasteiger charge is 2.20. The number of nitrogens with two attached hydrogens (primary N) is 2. The number of furan rings is 1. The van der Waals surface area contributed by atoms with Crippen molar-refractivity contribution in [1.82, 2.24) is 4.98 Å². The third kappa shape index (κ3) is 2.21. The van der Waals surface area contributed by atoms with Gasteiger partial charge in [0, 0.05) is 15.8 Å². The Morgan fingerprint density at radius 2 is 2.13 bits per heavy atom. The highest BCUT2D eigenvalue weighted by molar-refractivity contribution is 7.21. The Hall–Kier alpha value is -2.64. The zero-order valence-electron chi connectivity index (χ0n) is 11.8. The molecule has 114 valence electrons. The van der Waals surface area contributed by atoms with Gasteiger partial charge in [0.05, 0.1) is 12.0 Å². The molecule has 4 N–H and O–H groups in total. The average molecular weight is 341 g/mol. The van der Waals surface area contributed by atoms with Crippen LogP contribution in [0, 0.1) is 0 Å². The first kappa shape index (κ1) is 14.0. The van der Waals surface area contributed by atoms with Crippen LogP contribution in [0.15, 0.2) is 46.4 Å². The minimum atomic E-state index is -0.540. The number of nitrogen functional groups attached to an aromatic ring is 1. The lowest BCUT2D eigenvalue weighted by atomic mass is 10.1. The number of pyridine rings is 1. The Morgan fingerprint density at radius 3 is 2.78 bits per heavy atom. The van der Waals surface area contributed by atoms with Crippen LogP contribution < -0.4 is 11.5 Å². The molecule has 0 fully saturated rings. The van der Waals surface area contributed by atoms with Crippen molar-refractivity contribution in [3.8, 4) is 21.9 Å². The lowest BCUT2D eigenvalue weighted by molar-refractivity contribution is 0.100. The highest BCUT2D eigenvalue weighted by Crippen LogP contribution is 2.42. The van der Waals surface area contributed by atoms with Crippen molar-refractivity contribution in [2.75, 3.05) is 5.73 Å². The summed E-state index contributed by atoms with van der Waals surface area (Å²) in [6.45, 7) is 0. The van der Waals surface area contributed by atoms with Crippen LogP contribution in [0.5, 0.6) is 0 Å². The Labute approximate surface area is 139 Å². The van der Waals surface area contributed by atoms with Crippen molar-refractivity contribution in [2.24, 2.45) is 5.73 Å². The molecule has 0 aliphatic rings. The van der Waals surface area contributed by atoms with E-state index in [1.807, 2.05) is 35.7 Å². The number of fused-ring (bicyclic) bond motifs is 1. The zero-order chi connectivity index (χ0) is 16.0. The Balaban J connectivity index is 2.08. The van der Waals surface area contributed by atoms with Crippen LogP contribution >= 0.6 is 22.7 Å². The number of aromatic nitrogens is 1. The van der Waals surface area contributed by atoms with Crippen LogP contribution in [-0.4, -0.2) is 10.9 Å². The number of carbonyl (C=O) groups excluding carboxylic acids is 1. The van der Waals surface area contributed by atoms with E-state index in [4.69, 9.17) is 15.9 Å². The molecule has 0 aliphatic heterocycles. The predicted octanol–water partition coefficient (Wildman–Crippen LogP) is 3.97. The van der Waals surface area contributed by atoms with E-state index < -0.39 is 5.91 Å². The standard InChI is InChI=1S/C16H11N3O2S2/c17-13-12-8(11-4-2-6-22-11)7-9(10-3-1-5-21-10)19-16(12)23-14(13)15(18)20/h1-7H,17H2,(H2,18,20). The second-order valence-corrected chi connectivity index (χ2v) is 6.85. The maximum atomic E-state index is 11.6. The molecule has 7 heteroatoms. The molecule has 23 heavy (non-hydrogen) atoms. The fraction of sp³-hybridized carbons (Fsp3) is 0. The Bertz CT molecular complexity index is 1000. The minimum absolute atomic E-state index is 0.335. The van der Waals surface area contributed by atoms with E-state index in [9.17, 15) is 4.79 Å². The molecule has 0 aliphatic carbocycles. The molecule has 0 atom stereocenters. The van der Waals surface area contributed by atoms with Gasteiger partial charge in [0.25, 0.3) is 5.91 Å². The molecule has 4 aromatic heterocycles. The molecule has 0 bridgehead atoms. The summed E-state index contributed by atoms with van der Waals surface area (Å²) < 4.78 is 5.45. The molecule has 4 heterocycles. The van der Waals surface area contributed by atoms with Gasteiger partial charge in [-0.25, -0.2) is 4.98 Å². The van der Waals surface area contributed by atoms with Gasteiger partial charge >= 0.3 is 0 Å². The summed E-state index contributed by atoms with van der Waals surface area (Å²) in [6, 6.07) is 9.56. The van der Waals surface area contributed by atoms with E-state index in [-0.39, 0.29) is 0 Å². The van der Waals surface area contributed by atoms with Crippen molar-refractivity contribution in [3.63, 3.8) is 0 Å². The number of nitrogens with zero attached hydrogens (tertiary/aromatic N) is 1. The van der Waals surface area contributed by atoms with Crippen molar-refractivity contribution < 1.29 is 9.21 Å². The highest BCUT2D eigenvalue weighted by atomic mass is 32.1. The lowest BCUT2D eigenvalue weighted by Gasteiger charge is -2.05. The van der Waals surface area contributed by atoms with Gasteiger partial charge in [0.2, 0.25) is 0 Å². The van der Waals surface area contributed by atoms with Crippen LogP contribution in [0.1, 0.15) is 9.67 Å². The number of carbonyl (C=O) groups is 1. The minimum Gasteiger partial charge on any atom is -0.463 e.